The van der Waals surface area contributed by atoms with Crippen molar-refractivity contribution >= 4 is 50.8 Å². The number of aryl methyl sites for hydroxylation is 3. The van der Waals surface area contributed by atoms with Gasteiger partial charge in [0.1, 0.15) is 10.7 Å². The largest absolute Gasteiger partial charge is 0.366 e. The van der Waals surface area contributed by atoms with E-state index in [1.165, 1.54) is 5.56 Å². The fraction of sp³-hybridized carbons (Fsp3) is 0.167. The number of thioether (sulfide) groups is 1. The number of H-pyrrole nitrogens is 1. The van der Waals surface area contributed by atoms with Gasteiger partial charge in [0, 0.05) is 4.90 Å². The number of hydrogen-bond acceptors (Lipinski definition) is 6. The molecule has 0 bridgehead atoms. The third kappa shape index (κ3) is 4.69. The average molecular weight is 479 g/mol. The predicted octanol–water partition coefficient (Wildman–Crippen LogP) is 4.55. The molecule has 0 fully saturated rings. The van der Waals surface area contributed by atoms with Gasteiger partial charge in [-0.05, 0) is 50.1 Å². The fourth-order valence-corrected chi connectivity index (χ4v) is 5.56. The number of anilines is 1. The van der Waals surface area contributed by atoms with Gasteiger partial charge in [0.15, 0.2) is 0 Å². The molecule has 0 unspecified atom stereocenters. The number of aromatic nitrogens is 2. The first kappa shape index (κ1) is 22.8. The van der Waals surface area contributed by atoms with Crippen LogP contribution in [0.5, 0.6) is 0 Å². The standard InChI is InChI=1S/C24H22N4O3S2/c1-12-8-9-13(2)17(10-12)32-11-18-27-22(30)19-14(3)20(33-24(19)28-18)23(31)26-16-7-5-4-6-15(16)21(25)29/h4-10H,11H2,1-3H3,(H2,25,29)(H,26,31)(H,27,28,30). The van der Waals surface area contributed by atoms with E-state index in [1.54, 1.807) is 43.0 Å². The molecule has 4 N–H and O–H groups in total. The highest BCUT2D eigenvalue weighted by molar-refractivity contribution is 7.98. The second-order valence-corrected chi connectivity index (χ2v) is 9.69. The molecule has 2 amide bonds. The van der Waals surface area contributed by atoms with Crippen LogP contribution in [0.3, 0.4) is 0 Å². The molecule has 0 aliphatic rings. The van der Waals surface area contributed by atoms with Crippen molar-refractivity contribution in [3.05, 3.63) is 85.8 Å². The van der Waals surface area contributed by atoms with E-state index in [0.717, 1.165) is 21.8 Å². The molecule has 2 heterocycles. The molecule has 9 heteroatoms. The van der Waals surface area contributed by atoms with Crippen LogP contribution in [0.4, 0.5) is 5.69 Å². The molecule has 4 aromatic rings. The van der Waals surface area contributed by atoms with Crippen molar-refractivity contribution < 1.29 is 9.59 Å². The van der Waals surface area contributed by atoms with Gasteiger partial charge >= 0.3 is 0 Å². The van der Waals surface area contributed by atoms with Crippen LogP contribution in [0.25, 0.3) is 10.2 Å². The summed E-state index contributed by atoms with van der Waals surface area (Å²) in [6.07, 6.45) is 0. The highest BCUT2D eigenvalue weighted by atomic mass is 32.2. The summed E-state index contributed by atoms with van der Waals surface area (Å²) in [5, 5.41) is 3.13. The lowest BCUT2D eigenvalue weighted by Crippen LogP contribution is -2.18. The van der Waals surface area contributed by atoms with Gasteiger partial charge in [0.2, 0.25) is 0 Å². The highest BCUT2D eigenvalue weighted by Gasteiger charge is 2.21. The summed E-state index contributed by atoms with van der Waals surface area (Å²) in [6, 6.07) is 12.8. The summed E-state index contributed by atoms with van der Waals surface area (Å²) in [6.45, 7) is 5.80. The molecule has 168 valence electrons. The third-order valence-corrected chi connectivity index (χ3v) is 7.56. The van der Waals surface area contributed by atoms with Crippen molar-refractivity contribution in [2.24, 2.45) is 5.73 Å². The van der Waals surface area contributed by atoms with Crippen LogP contribution >= 0.6 is 23.1 Å². The molecular formula is C24H22N4O3S2. The van der Waals surface area contributed by atoms with Crippen LogP contribution in [0, 0.1) is 20.8 Å². The maximum absolute atomic E-state index is 13.0. The van der Waals surface area contributed by atoms with Crippen molar-refractivity contribution in [1.82, 2.24) is 9.97 Å². The normalized spacial score (nSPS) is 11.0. The van der Waals surface area contributed by atoms with Crippen LogP contribution < -0.4 is 16.6 Å². The first-order valence-corrected chi connectivity index (χ1v) is 12.0. The van der Waals surface area contributed by atoms with Gasteiger partial charge in [-0.25, -0.2) is 4.98 Å². The lowest BCUT2D eigenvalue weighted by Gasteiger charge is -2.08. The molecule has 0 radical (unpaired) electrons. The lowest BCUT2D eigenvalue weighted by molar-refractivity contribution is 0.100. The average Bonchev–Trinajstić information content (AvgIpc) is 3.11. The molecule has 0 aliphatic carbocycles. The summed E-state index contributed by atoms with van der Waals surface area (Å²) in [5.41, 5.74) is 8.54. The van der Waals surface area contributed by atoms with Crippen molar-refractivity contribution in [2.45, 2.75) is 31.4 Å². The van der Waals surface area contributed by atoms with Gasteiger partial charge in [-0.2, -0.15) is 0 Å². The zero-order valence-corrected chi connectivity index (χ0v) is 19.9. The maximum atomic E-state index is 13.0. The van der Waals surface area contributed by atoms with E-state index in [2.05, 4.69) is 33.5 Å². The Balaban J connectivity index is 1.62. The summed E-state index contributed by atoms with van der Waals surface area (Å²) < 4.78 is 0. The van der Waals surface area contributed by atoms with Gasteiger partial charge in [0.25, 0.3) is 17.4 Å². The number of carbonyl (C=O) groups is 2. The zero-order valence-electron chi connectivity index (χ0n) is 18.3. The van der Waals surface area contributed by atoms with Crippen LogP contribution in [0.2, 0.25) is 0 Å². The summed E-state index contributed by atoms with van der Waals surface area (Å²) in [4.78, 5) is 46.9. The van der Waals surface area contributed by atoms with E-state index >= 15 is 0 Å². The van der Waals surface area contributed by atoms with E-state index in [1.807, 2.05) is 13.8 Å². The van der Waals surface area contributed by atoms with Crippen LogP contribution in [0.1, 0.15) is 42.5 Å². The molecular weight excluding hydrogens is 456 g/mol. The van der Waals surface area contributed by atoms with Gasteiger partial charge in [-0.15, -0.1) is 23.1 Å². The minimum atomic E-state index is -0.636. The number of nitrogens with one attached hydrogen (secondary N) is 2. The second kappa shape index (κ2) is 9.21. The molecule has 0 spiro atoms. The first-order chi connectivity index (χ1) is 15.7. The zero-order chi connectivity index (χ0) is 23.7. The minimum absolute atomic E-state index is 0.214. The number of aromatic amines is 1. The molecule has 4 rings (SSSR count). The number of nitrogens with zero attached hydrogens (tertiary/aromatic N) is 1. The maximum Gasteiger partial charge on any atom is 0.266 e. The first-order valence-electron chi connectivity index (χ1n) is 10.2. The van der Waals surface area contributed by atoms with E-state index in [4.69, 9.17) is 5.73 Å². The number of fused-ring (bicyclic) bond motifs is 1. The Morgan fingerprint density at radius 3 is 2.67 bits per heavy atom. The summed E-state index contributed by atoms with van der Waals surface area (Å²) in [5.74, 6) is -0.0106. The molecule has 2 aromatic heterocycles. The van der Waals surface area contributed by atoms with Gasteiger partial charge in [0.05, 0.1) is 27.3 Å². The van der Waals surface area contributed by atoms with E-state index in [-0.39, 0.29) is 11.1 Å². The Hall–Kier alpha value is -3.43. The van der Waals surface area contributed by atoms with Crippen molar-refractivity contribution in [1.29, 1.82) is 0 Å². The SMILES string of the molecule is Cc1ccc(C)c(SCc2nc3sc(C(=O)Nc4ccccc4C(N)=O)c(C)c3c(=O)[nH]2)c1. The fourth-order valence-electron chi connectivity index (χ4n) is 3.47. The Bertz CT molecular complexity index is 1460. The Kier molecular flexibility index (Phi) is 6.35. The van der Waals surface area contributed by atoms with Crippen LogP contribution in [0.15, 0.2) is 52.2 Å². The Morgan fingerprint density at radius 1 is 1.15 bits per heavy atom. The van der Waals surface area contributed by atoms with Crippen LogP contribution in [-0.4, -0.2) is 21.8 Å². The number of primary amides is 1. The van der Waals surface area contributed by atoms with Crippen molar-refractivity contribution in [3.63, 3.8) is 0 Å². The number of rotatable bonds is 6. The third-order valence-electron chi connectivity index (χ3n) is 5.20. The van der Waals surface area contributed by atoms with Gasteiger partial charge < -0.3 is 16.0 Å². The predicted molar refractivity (Wildman–Crippen MR) is 133 cm³/mol. The number of nitrogens with two attached hydrogens (primary N) is 1. The van der Waals surface area contributed by atoms with E-state index in [0.29, 0.717) is 37.9 Å². The molecule has 2 aromatic carbocycles. The number of benzene rings is 2. The smallest absolute Gasteiger partial charge is 0.266 e. The van der Waals surface area contributed by atoms with Crippen LogP contribution in [-0.2, 0) is 5.75 Å². The molecule has 7 nitrogen and oxygen atoms in total. The number of hydrogen-bond donors (Lipinski definition) is 3. The summed E-state index contributed by atoms with van der Waals surface area (Å²) >= 11 is 2.76. The monoisotopic (exact) mass is 478 g/mol. The molecule has 0 saturated heterocycles. The number of thiophene rings is 1. The Labute approximate surface area is 198 Å². The summed E-state index contributed by atoms with van der Waals surface area (Å²) in [7, 11) is 0. The lowest BCUT2D eigenvalue weighted by atomic mass is 10.1. The second-order valence-electron chi connectivity index (χ2n) is 7.67. The number of para-hydroxylation sites is 1. The topological polar surface area (TPSA) is 118 Å². The minimum Gasteiger partial charge on any atom is -0.366 e. The Morgan fingerprint density at radius 2 is 1.91 bits per heavy atom. The van der Waals surface area contributed by atoms with E-state index < -0.39 is 11.8 Å². The number of carbonyl (C=O) groups excluding carboxylic acids is 2. The molecule has 0 saturated carbocycles. The molecule has 33 heavy (non-hydrogen) atoms. The highest BCUT2D eigenvalue weighted by Crippen LogP contribution is 2.30. The quantitative estimate of drug-likeness (QED) is 0.351. The van der Waals surface area contributed by atoms with E-state index in [9.17, 15) is 14.4 Å². The van der Waals surface area contributed by atoms with Gasteiger partial charge in [-0.3, -0.25) is 14.4 Å². The van der Waals surface area contributed by atoms with Crippen molar-refractivity contribution in [2.75, 3.05) is 5.32 Å². The van der Waals surface area contributed by atoms with Gasteiger partial charge in [-0.1, -0.05) is 29.8 Å². The number of amides is 2. The van der Waals surface area contributed by atoms with Crippen molar-refractivity contribution in [3.8, 4) is 0 Å². The molecule has 0 atom stereocenters. The molecule has 0 aliphatic heterocycles.